The second-order valence-corrected chi connectivity index (χ2v) is 5.81. The van der Waals surface area contributed by atoms with Gasteiger partial charge < -0.3 is 10.4 Å². The predicted molar refractivity (Wildman–Crippen MR) is 83.8 cm³/mol. The van der Waals surface area contributed by atoms with Gasteiger partial charge in [0.25, 0.3) is 0 Å². The largest absolute Gasteiger partial charge is 0.395 e. The molecule has 0 amide bonds. The summed E-state index contributed by atoms with van der Waals surface area (Å²) in [6.45, 7) is 5.90. The van der Waals surface area contributed by atoms with Gasteiger partial charge in [-0.1, -0.05) is 30.3 Å². The van der Waals surface area contributed by atoms with Crippen LogP contribution in [0.15, 0.2) is 30.3 Å². The number of hydrogen-bond acceptors (Lipinski definition) is 3. The third-order valence-corrected chi connectivity index (χ3v) is 4.33. The molecule has 1 aromatic rings. The Hall–Kier alpha value is -0.900. The first kappa shape index (κ1) is 15.5. The smallest absolute Gasteiger partial charge is 0.0586 e. The molecular weight excluding hydrogens is 248 g/mol. The lowest BCUT2D eigenvalue weighted by molar-refractivity contribution is 0.157. The second-order valence-electron chi connectivity index (χ2n) is 5.81. The highest BCUT2D eigenvalue weighted by molar-refractivity contribution is 5.17. The Bertz CT molecular complexity index is 369. The summed E-state index contributed by atoms with van der Waals surface area (Å²) in [7, 11) is 0. The molecular formula is C17H28N2O. The maximum atomic E-state index is 9.28. The Kier molecular flexibility index (Phi) is 6.51. The van der Waals surface area contributed by atoms with Crippen LogP contribution in [-0.2, 0) is 0 Å². The summed E-state index contributed by atoms with van der Waals surface area (Å²) in [6, 6.07) is 11.4. The van der Waals surface area contributed by atoms with Crippen LogP contribution in [0.4, 0.5) is 0 Å². The molecule has 1 aliphatic rings. The van der Waals surface area contributed by atoms with E-state index >= 15 is 0 Å². The SMILES string of the molecule is CC(NCCCCN1CCCC1CO)c1ccccc1. The molecule has 2 rings (SSSR count). The third-order valence-electron chi connectivity index (χ3n) is 4.33. The van der Waals surface area contributed by atoms with Crippen molar-refractivity contribution in [1.29, 1.82) is 0 Å². The highest BCUT2D eigenvalue weighted by atomic mass is 16.3. The zero-order chi connectivity index (χ0) is 14.2. The molecule has 2 N–H and O–H groups in total. The van der Waals surface area contributed by atoms with Crippen molar-refractivity contribution < 1.29 is 5.11 Å². The summed E-state index contributed by atoms with van der Waals surface area (Å²) in [5, 5.41) is 12.9. The monoisotopic (exact) mass is 276 g/mol. The van der Waals surface area contributed by atoms with Crippen LogP contribution in [0.3, 0.4) is 0 Å². The van der Waals surface area contributed by atoms with Crippen molar-refractivity contribution in [3.8, 4) is 0 Å². The van der Waals surface area contributed by atoms with E-state index in [1.807, 2.05) is 0 Å². The molecule has 112 valence electrons. The molecule has 0 spiro atoms. The molecule has 0 aromatic heterocycles. The van der Waals surface area contributed by atoms with Crippen LogP contribution in [0, 0.1) is 0 Å². The molecule has 0 bridgehead atoms. The Labute approximate surface area is 123 Å². The zero-order valence-electron chi connectivity index (χ0n) is 12.6. The van der Waals surface area contributed by atoms with Gasteiger partial charge >= 0.3 is 0 Å². The van der Waals surface area contributed by atoms with Crippen LogP contribution in [0.5, 0.6) is 0 Å². The summed E-state index contributed by atoms with van der Waals surface area (Å²) < 4.78 is 0. The summed E-state index contributed by atoms with van der Waals surface area (Å²) in [5.41, 5.74) is 1.35. The molecule has 1 saturated heterocycles. The van der Waals surface area contributed by atoms with Gasteiger partial charge in [-0.2, -0.15) is 0 Å². The maximum Gasteiger partial charge on any atom is 0.0586 e. The molecule has 1 fully saturated rings. The topological polar surface area (TPSA) is 35.5 Å². The van der Waals surface area contributed by atoms with E-state index in [-0.39, 0.29) is 0 Å². The number of aliphatic hydroxyl groups excluding tert-OH is 1. The summed E-state index contributed by atoms with van der Waals surface area (Å²) >= 11 is 0. The van der Waals surface area contributed by atoms with Crippen molar-refractivity contribution in [3.05, 3.63) is 35.9 Å². The maximum absolute atomic E-state index is 9.28. The van der Waals surface area contributed by atoms with E-state index in [9.17, 15) is 5.11 Å². The fourth-order valence-electron chi connectivity index (χ4n) is 3.01. The number of benzene rings is 1. The Morgan fingerprint density at radius 1 is 1.30 bits per heavy atom. The fourth-order valence-corrected chi connectivity index (χ4v) is 3.01. The van der Waals surface area contributed by atoms with Gasteiger partial charge in [-0.05, 0) is 57.8 Å². The molecule has 2 unspecified atom stereocenters. The lowest BCUT2D eigenvalue weighted by Crippen LogP contribution is -2.33. The quantitative estimate of drug-likeness (QED) is 0.716. The van der Waals surface area contributed by atoms with Gasteiger partial charge in [-0.3, -0.25) is 4.90 Å². The first-order valence-electron chi connectivity index (χ1n) is 7.94. The minimum absolute atomic E-state index is 0.323. The molecule has 2 atom stereocenters. The highest BCUT2D eigenvalue weighted by Gasteiger charge is 2.22. The molecule has 20 heavy (non-hydrogen) atoms. The number of rotatable bonds is 8. The average molecular weight is 276 g/mol. The van der Waals surface area contributed by atoms with Crippen molar-refractivity contribution in [3.63, 3.8) is 0 Å². The van der Waals surface area contributed by atoms with E-state index in [0.717, 1.165) is 13.1 Å². The molecule has 0 saturated carbocycles. The van der Waals surface area contributed by atoms with Gasteiger partial charge in [0.2, 0.25) is 0 Å². The summed E-state index contributed by atoms with van der Waals surface area (Å²) in [6.07, 6.45) is 4.82. The number of nitrogens with one attached hydrogen (secondary N) is 1. The third kappa shape index (κ3) is 4.58. The van der Waals surface area contributed by atoms with Crippen molar-refractivity contribution in [1.82, 2.24) is 10.2 Å². The van der Waals surface area contributed by atoms with Crippen LogP contribution in [0.1, 0.15) is 44.2 Å². The summed E-state index contributed by atoms with van der Waals surface area (Å²) in [4.78, 5) is 2.45. The minimum Gasteiger partial charge on any atom is -0.395 e. The van der Waals surface area contributed by atoms with Crippen molar-refractivity contribution in [2.24, 2.45) is 0 Å². The zero-order valence-corrected chi connectivity index (χ0v) is 12.6. The predicted octanol–water partition coefficient (Wildman–Crippen LogP) is 2.57. The van der Waals surface area contributed by atoms with Crippen LogP contribution in [0.2, 0.25) is 0 Å². The molecule has 3 nitrogen and oxygen atoms in total. The first-order valence-corrected chi connectivity index (χ1v) is 7.94. The Morgan fingerprint density at radius 2 is 2.10 bits per heavy atom. The van der Waals surface area contributed by atoms with E-state index in [1.165, 1.54) is 37.8 Å². The van der Waals surface area contributed by atoms with Gasteiger partial charge in [-0.25, -0.2) is 0 Å². The Balaban J connectivity index is 1.58. The molecule has 3 heteroatoms. The highest BCUT2D eigenvalue weighted by Crippen LogP contribution is 2.17. The molecule has 1 heterocycles. The van der Waals surface area contributed by atoms with E-state index in [1.54, 1.807) is 0 Å². The van der Waals surface area contributed by atoms with Gasteiger partial charge in [0.15, 0.2) is 0 Å². The van der Waals surface area contributed by atoms with Crippen molar-refractivity contribution in [2.45, 2.75) is 44.7 Å². The molecule has 1 aliphatic heterocycles. The molecule has 0 aliphatic carbocycles. The fraction of sp³-hybridized carbons (Fsp3) is 0.647. The van der Waals surface area contributed by atoms with E-state index in [2.05, 4.69) is 47.5 Å². The van der Waals surface area contributed by atoms with Crippen LogP contribution < -0.4 is 5.32 Å². The van der Waals surface area contributed by atoms with Gasteiger partial charge in [0.1, 0.15) is 0 Å². The van der Waals surface area contributed by atoms with Gasteiger partial charge in [0.05, 0.1) is 6.61 Å². The van der Waals surface area contributed by atoms with Gasteiger partial charge in [-0.15, -0.1) is 0 Å². The minimum atomic E-state index is 0.323. The number of unbranched alkanes of at least 4 members (excludes halogenated alkanes) is 1. The number of aliphatic hydroxyl groups is 1. The normalized spacial score (nSPS) is 21.2. The Morgan fingerprint density at radius 3 is 2.85 bits per heavy atom. The lowest BCUT2D eigenvalue weighted by Gasteiger charge is -2.22. The second kappa shape index (κ2) is 8.40. The van der Waals surface area contributed by atoms with Crippen LogP contribution in [-0.4, -0.2) is 42.3 Å². The number of hydrogen-bond donors (Lipinski definition) is 2. The van der Waals surface area contributed by atoms with E-state index < -0.39 is 0 Å². The standard InChI is InChI=1S/C17H28N2O/c1-15(16-8-3-2-4-9-16)18-11-5-6-12-19-13-7-10-17(19)14-20/h2-4,8-9,15,17-18,20H,5-7,10-14H2,1H3. The van der Waals surface area contributed by atoms with Crippen molar-refractivity contribution in [2.75, 3.05) is 26.2 Å². The van der Waals surface area contributed by atoms with Crippen LogP contribution >= 0.6 is 0 Å². The molecule has 1 aromatic carbocycles. The van der Waals surface area contributed by atoms with Crippen molar-refractivity contribution >= 4 is 0 Å². The average Bonchev–Trinajstić information content (AvgIpc) is 2.95. The van der Waals surface area contributed by atoms with Gasteiger partial charge in [0, 0.05) is 12.1 Å². The molecule has 0 radical (unpaired) electrons. The lowest BCUT2D eigenvalue weighted by atomic mass is 10.1. The van der Waals surface area contributed by atoms with E-state index in [4.69, 9.17) is 0 Å². The number of likely N-dealkylation sites (tertiary alicyclic amines) is 1. The number of nitrogens with zero attached hydrogens (tertiary/aromatic N) is 1. The van der Waals surface area contributed by atoms with E-state index in [0.29, 0.717) is 18.7 Å². The first-order chi connectivity index (χ1) is 9.81. The van der Waals surface area contributed by atoms with Crippen LogP contribution in [0.25, 0.3) is 0 Å². The summed E-state index contributed by atoms with van der Waals surface area (Å²) in [5.74, 6) is 0.